The highest BCUT2D eigenvalue weighted by Crippen LogP contribution is 2.00. The molecule has 0 fully saturated rings. The Morgan fingerprint density at radius 1 is 1.78 bits per heavy atom. The van der Waals surface area contributed by atoms with Gasteiger partial charge >= 0.3 is 0 Å². The summed E-state index contributed by atoms with van der Waals surface area (Å²) < 4.78 is 1.70. The molecule has 46 valence electrons. The third kappa shape index (κ3) is 0.789. The van der Waals surface area contributed by atoms with Crippen LogP contribution in [0.5, 0.6) is 0 Å². The molecule has 0 amide bonds. The maximum atomic E-state index is 8.48. The van der Waals surface area contributed by atoms with Gasteiger partial charge in [0.25, 0.3) is 0 Å². The smallest absolute Gasteiger partial charge is 0.142 e. The monoisotopic (exact) mass is 121 g/mol. The second-order valence-electron chi connectivity index (χ2n) is 1.90. The third-order valence-electron chi connectivity index (χ3n) is 1.23. The fourth-order valence-corrected chi connectivity index (χ4v) is 0.707. The van der Waals surface area contributed by atoms with E-state index >= 15 is 0 Å². The summed E-state index contributed by atoms with van der Waals surface area (Å²) >= 11 is 0. The van der Waals surface area contributed by atoms with Gasteiger partial charge in [-0.25, -0.2) is 4.98 Å². The fraction of sp³-hybridized carbons (Fsp3) is 0.333. The second kappa shape index (κ2) is 1.90. The van der Waals surface area contributed by atoms with Crippen LogP contribution in [0.15, 0.2) is 6.33 Å². The van der Waals surface area contributed by atoms with Crippen LogP contribution in [0, 0.1) is 18.3 Å². The van der Waals surface area contributed by atoms with Crippen LogP contribution >= 0.6 is 0 Å². The van der Waals surface area contributed by atoms with Crippen molar-refractivity contribution < 1.29 is 0 Å². The molecule has 0 bridgehead atoms. The van der Waals surface area contributed by atoms with Gasteiger partial charge in [0.15, 0.2) is 0 Å². The minimum atomic E-state index is 0.634. The first-order valence-corrected chi connectivity index (χ1v) is 2.63. The molecular weight excluding hydrogens is 114 g/mol. The van der Waals surface area contributed by atoms with Gasteiger partial charge < -0.3 is 4.57 Å². The van der Waals surface area contributed by atoms with Gasteiger partial charge in [0, 0.05) is 7.05 Å². The van der Waals surface area contributed by atoms with Crippen LogP contribution in [0.1, 0.15) is 11.4 Å². The van der Waals surface area contributed by atoms with E-state index in [9.17, 15) is 0 Å². The summed E-state index contributed by atoms with van der Waals surface area (Å²) in [5.74, 6) is 0. The standard InChI is InChI=1S/C6H7N3/c1-5-6(3-7)9(2)4-8-5/h4H,1-2H3. The fourth-order valence-electron chi connectivity index (χ4n) is 0.707. The molecule has 0 aliphatic rings. The zero-order valence-electron chi connectivity index (χ0n) is 5.42. The van der Waals surface area contributed by atoms with Gasteiger partial charge in [-0.3, -0.25) is 0 Å². The van der Waals surface area contributed by atoms with Crippen molar-refractivity contribution in [3.63, 3.8) is 0 Å². The van der Waals surface area contributed by atoms with Crippen molar-refractivity contribution in [3.8, 4) is 6.07 Å². The van der Waals surface area contributed by atoms with Crippen LogP contribution in [0.3, 0.4) is 0 Å². The number of aromatic nitrogens is 2. The topological polar surface area (TPSA) is 41.6 Å². The predicted molar refractivity (Wildman–Crippen MR) is 32.7 cm³/mol. The van der Waals surface area contributed by atoms with E-state index in [1.165, 1.54) is 0 Å². The summed E-state index contributed by atoms with van der Waals surface area (Å²) in [7, 11) is 1.80. The molecule has 1 rings (SSSR count). The number of imidazole rings is 1. The Kier molecular flexibility index (Phi) is 1.23. The largest absolute Gasteiger partial charge is 0.325 e. The van der Waals surface area contributed by atoms with Crippen molar-refractivity contribution in [1.29, 1.82) is 5.26 Å². The quantitative estimate of drug-likeness (QED) is 0.504. The number of rotatable bonds is 0. The molecule has 0 atom stereocenters. The lowest BCUT2D eigenvalue weighted by atomic mass is 10.4. The van der Waals surface area contributed by atoms with Crippen LogP contribution in [-0.2, 0) is 7.05 Å². The van der Waals surface area contributed by atoms with E-state index < -0.39 is 0 Å². The van der Waals surface area contributed by atoms with E-state index in [4.69, 9.17) is 5.26 Å². The zero-order valence-corrected chi connectivity index (χ0v) is 5.42. The van der Waals surface area contributed by atoms with Crippen LogP contribution < -0.4 is 0 Å². The molecule has 0 aliphatic heterocycles. The van der Waals surface area contributed by atoms with Gasteiger partial charge in [-0.1, -0.05) is 0 Å². The first-order chi connectivity index (χ1) is 4.25. The molecule has 0 radical (unpaired) electrons. The molecule has 1 heterocycles. The van der Waals surface area contributed by atoms with Crippen molar-refractivity contribution in [2.75, 3.05) is 0 Å². The summed E-state index contributed by atoms with van der Waals surface area (Å²) in [6, 6.07) is 2.04. The maximum absolute atomic E-state index is 8.48. The number of hydrogen-bond acceptors (Lipinski definition) is 2. The molecule has 0 unspecified atom stereocenters. The molecule has 1 aromatic heterocycles. The van der Waals surface area contributed by atoms with E-state index in [0.29, 0.717) is 5.69 Å². The lowest BCUT2D eigenvalue weighted by Gasteiger charge is -1.87. The second-order valence-corrected chi connectivity index (χ2v) is 1.90. The first-order valence-electron chi connectivity index (χ1n) is 2.63. The van der Waals surface area contributed by atoms with Crippen molar-refractivity contribution in [3.05, 3.63) is 17.7 Å². The maximum Gasteiger partial charge on any atom is 0.142 e. The van der Waals surface area contributed by atoms with Crippen LogP contribution in [0.2, 0.25) is 0 Å². The molecule has 1 aromatic rings. The van der Waals surface area contributed by atoms with Crippen molar-refractivity contribution in [2.24, 2.45) is 7.05 Å². The van der Waals surface area contributed by atoms with Gasteiger partial charge in [-0.2, -0.15) is 5.26 Å². The molecule has 0 aliphatic carbocycles. The van der Waals surface area contributed by atoms with E-state index in [-0.39, 0.29) is 0 Å². The molecule has 0 N–H and O–H groups in total. The van der Waals surface area contributed by atoms with Gasteiger partial charge in [0.2, 0.25) is 0 Å². The third-order valence-corrected chi connectivity index (χ3v) is 1.23. The molecule has 3 nitrogen and oxygen atoms in total. The van der Waals surface area contributed by atoms with Gasteiger partial charge in [-0.15, -0.1) is 0 Å². The molecular formula is C6H7N3. The molecule has 3 heteroatoms. The highest BCUT2D eigenvalue weighted by atomic mass is 15.0. The van der Waals surface area contributed by atoms with Crippen LogP contribution in [0.4, 0.5) is 0 Å². The molecule has 0 saturated carbocycles. The molecule has 0 saturated heterocycles. The van der Waals surface area contributed by atoms with Crippen molar-refractivity contribution >= 4 is 0 Å². The number of nitriles is 1. The van der Waals surface area contributed by atoms with E-state index in [1.54, 1.807) is 17.9 Å². The van der Waals surface area contributed by atoms with Gasteiger partial charge in [0.05, 0.1) is 12.0 Å². The summed E-state index contributed by atoms with van der Waals surface area (Å²) in [6.07, 6.45) is 1.63. The Hall–Kier alpha value is -1.30. The Balaban J connectivity index is 3.27. The summed E-state index contributed by atoms with van der Waals surface area (Å²) in [5, 5.41) is 8.48. The highest BCUT2D eigenvalue weighted by molar-refractivity contribution is 5.25. The minimum absolute atomic E-state index is 0.634. The van der Waals surface area contributed by atoms with Crippen LogP contribution in [-0.4, -0.2) is 9.55 Å². The Bertz CT molecular complexity index is 234. The van der Waals surface area contributed by atoms with E-state index in [0.717, 1.165) is 5.69 Å². The predicted octanol–water partition coefficient (Wildman–Crippen LogP) is 0.600. The zero-order chi connectivity index (χ0) is 6.85. The molecule has 0 aromatic carbocycles. The van der Waals surface area contributed by atoms with E-state index in [1.807, 2.05) is 13.0 Å². The van der Waals surface area contributed by atoms with Crippen molar-refractivity contribution in [2.45, 2.75) is 6.92 Å². The Morgan fingerprint density at radius 2 is 2.44 bits per heavy atom. The van der Waals surface area contributed by atoms with Crippen molar-refractivity contribution in [1.82, 2.24) is 9.55 Å². The first kappa shape index (κ1) is 5.83. The number of aryl methyl sites for hydroxylation is 2. The molecule has 9 heavy (non-hydrogen) atoms. The van der Waals surface area contributed by atoms with E-state index in [2.05, 4.69) is 4.98 Å². The Morgan fingerprint density at radius 3 is 2.67 bits per heavy atom. The average Bonchev–Trinajstić information content (AvgIpc) is 2.12. The SMILES string of the molecule is Cc1ncn(C)c1C#N. The minimum Gasteiger partial charge on any atom is -0.325 e. The highest BCUT2D eigenvalue weighted by Gasteiger charge is 1.99. The van der Waals surface area contributed by atoms with Gasteiger partial charge in [-0.05, 0) is 6.92 Å². The average molecular weight is 121 g/mol. The summed E-state index contributed by atoms with van der Waals surface area (Å²) in [6.45, 7) is 1.82. The normalized spacial score (nSPS) is 9.00. The Labute approximate surface area is 53.6 Å². The summed E-state index contributed by atoms with van der Waals surface area (Å²) in [5.41, 5.74) is 1.43. The summed E-state index contributed by atoms with van der Waals surface area (Å²) in [4.78, 5) is 3.93. The number of nitrogens with zero attached hydrogens (tertiary/aromatic N) is 3. The molecule has 0 spiro atoms. The van der Waals surface area contributed by atoms with Crippen LogP contribution in [0.25, 0.3) is 0 Å². The number of hydrogen-bond donors (Lipinski definition) is 0. The lowest BCUT2D eigenvalue weighted by Crippen LogP contribution is -1.89. The van der Waals surface area contributed by atoms with Gasteiger partial charge in [0.1, 0.15) is 11.8 Å². The lowest BCUT2D eigenvalue weighted by molar-refractivity contribution is 0.895.